The SMILES string of the molecule is Clc1ccc(NCc2cnc3n2CCCCC3)nc1. The molecule has 0 unspecified atom stereocenters. The second-order valence-electron chi connectivity index (χ2n) is 4.84. The number of nitrogens with one attached hydrogen (secondary N) is 1. The lowest BCUT2D eigenvalue weighted by Gasteiger charge is -2.10. The summed E-state index contributed by atoms with van der Waals surface area (Å²) in [5.41, 5.74) is 1.23. The van der Waals surface area contributed by atoms with Gasteiger partial charge in [-0.3, -0.25) is 0 Å². The topological polar surface area (TPSA) is 42.7 Å². The molecular formula is C14H17ClN4. The van der Waals surface area contributed by atoms with E-state index in [1.165, 1.54) is 30.8 Å². The molecule has 0 saturated carbocycles. The maximum atomic E-state index is 5.82. The molecule has 100 valence electrons. The number of fused-ring (bicyclic) bond motifs is 1. The zero-order valence-electron chi connectivity index (χ0n) is 10.8. The van der Waals surface area contributed by atoms with Crippen molar-refractivity contribution in [3.05, 3.63) is 41.1 Å². The van der Waals surface area contributed by atoms with Crippen molar-refractivity contribution in [3.8, 4) is 0 Å². The average Bonchev–Trinajstić information content (AvgIpc) is 2.66. The first-order chi connectivity index (χ1) is 9.33. The van der Waals surface area contributed by atoms with Crippen LogP contribution in [0.2, 0.25) is 5.02 Å². The molecule has 0 fully saturated rings. The van der Waals surface area contributed by atoms with Gasteiger partial charge in [-0.2, -0.15) is 0 Å². The van der Waals surface area contributed by atoms with E-state index in [4.69, 9.17) is 11.6 Å². The van der Waals surface area contributed by atoms with Crippen molar-refractivity contribution in [2.24, 2.45) is 0 Å². The molecule has 0 bridgehead atoms. The second-order valence-corrected chi connectivity index (χ2v) is 5.28. The van der Waals surface area contributed by atoms with Crippen LogP contribution in [0.25, 0.3) is 0 Å². The summed E-state index contributed by atoms with van der Waals surface area (Å²) < 4.78 is 2.34. The van der Waals surface area contributed by atoms with Crippen LogP contribution in [0.5, 0.6) is 0 Å². The van der Waals surface area contributed by atoms with Gasteiger partial charge in [0.1, 0.15) is 11.6 Å². The number of anilines is 1. The highest BCUT2D eigenvalue weighted by Crippen LogP contribution is 2.17. The Bertz CT molecular complexity index is 547. The maximum Gasteiger partial charge on any atom is 0.126 e. The minimum absolute atomic E-state index is 0.656. The molecule has 5 heteroatoms. The molecule has 0 aliphatic carbocycles. The lowest BCUT2D eigenvalue weighted by atomic mass is 10.2. The van der Waals surface area contributed by atoms with E-state index in [1.807, 2.05) is 18.3 Å². The summed E-state index contributed by atoms with van der Waals surface area (Å²) in [5.74, 6) is 2.06. The summed E-state index contributed by atoms with van der Waals surface area (Å²) in [7, 11) is 0. The Morgan fingerprint density at radius 3 is 2.95 bits per heavy atom. The molecule has 1 aliphatic heterocycles. The fourth-order valence-corrected chi connectivity index (χ4v) is 2.57. The minimum atomic E-state index is 0.656. The van der Waals surface area contributed by atoms with Gasteiger partial charge < -0.3 is 9.88 Å². The molecule has 0 spiro atoms. The van der Waals surface area contributed by atoms with Crippen LogP contribution >= 0.6 is 11.6 Å². The highest BCUT2D eigenvalue weighted by Gasteiger charge is 2.12. The summed E-state index contributed by atoms with van der Waals surface area (Å²) in [6.07, 6.45) is 8.52. The van der Waals surface area contributed by atoms with Crippen LogP contribution in [0.4, 0.5) is 5.82 Å². The van der Waals surface area contributed by atoms with Crippen LogP contribution in [-0.4, -0.2) is 14.5 Å². The molecule has 19 heavy (non-hydrogen) atoms. The van der Waals surface area contributed by atoms with E-state index in [9.17, 15) is 0 Å². The maximum absolute atomic E-state index is 5.82. The normalized spacial score (nSPS) is 14.8. The van der Waals surface area contributed by atoms with E-state index in [0.29, 0.717) is 5.02 Å². The molecule has 3 rings (SSSR count). The first-order valence-corrected chi connectivity index (χ1v) is 7.09. The van der Waals surface area contributed by atoms with Gasteiger partial charge in [-0.05, 0) is 25.0 Å². The van der Waals surface area contributed by atoms with Crippen LogP contribution in [0, 0.1) is 0 Å². The van der Waals surface area contributed by atoms with Crippen molar-refractivity contribution in [2.45, 2.75) is 38.8 Å². The summed E-state index contributed by atoms with van der Waals surface area (Å²) >= 11 is 5.82. The summed E-state index contributed by atoms with van der Waals surface area (Å²) in [5, 5.41) is 3.97. The van der Waals surface area contributed by atoms with Crippen molar-refractivity contribution in [2.75, 3.05) is 5.32 Å². The van der Waals surface area contributed by atoms with E-state index in [2.05, 4.69) is 19.9 Å². The lowest BCUT2D eigenvalue weighted by molar-refractivity contribution is 0.616. The summed E-state index contributed by atoms with van der Waals surface area (Å²) in [4.78, 5) is 8.76. The van der Waals surface area contributed by atoms with Crippen molar-refractivity contribution < 1.29 is 0 Å². The lowest BCUT2D eigenvalue weighted by Crippen LogP contribution is -2.09. The van der Waals surface area contributed by atoms with Crippen molar-refractivity contribution >= 4 is 17.4 Å². The van der Waals surface area contributed by atoms with Gasteiger partial charge >= 0.3 is 0 Å². The molecule has 1 aliphatic rings. The van der Waals surface area contributed by atoms with E-state index in [-0.39, 0.29) is 0 Å². The standard InChI is InChI=1S/C14H17ClN4/c15-11-5-6-13(16-8-11)17-9-12-10-18-14-4-2-1-3-7-19(12)14/h5-6,8,10H,1-4,7,9H2,(H,16,17). The summed E-state index contributed by atoms with van der Waals surface area (Å²) in [6, 6.07) is 3.73. The van der Waals surface area contributed by atoms with E-state index >= 15 is 0 Å². The molecule has 0 aromatic carbocycles. The monoisotopic (exact) mass is 276 g/mol. The Hall–Kier alpha value is -1.55. The first-order valence-electron chi connectivity index (χ1n) is 6.71. The Labute approximate surface area is 117 Å². The Morgan fingerprint density at radius 1 is 1.16 bits per heavy atom. The van der Waals surface area contributed by atoms with Gasteiger partial charge in [-0.1, -0.05) is 18.0 Å². The van der Waals surface area contributed by atoms with Crippen LogP contribution in [-0.2, 0) is 19.5 Å². The van der Waals surface area contributed by atoms with Gasteiger partial charge in [-0.25, -0.2) is 9.97 Å². The Kier molecular flexibility index (Phi) is 3.69. The number of aromatic nitrogens is 3. The van der Waals surface area contributed by atoms with E-state index in [1.54, 1.807) is 6.20 Å². The van der Waals surface area contributed by atoms with Crippen LogP contribution < -0.4 is 5.32 Å². The second kappa shape index (κ2) is 5.61. The number of halogens is 1. The summed E-state index contributed by atoms with van der Waals surface area (Å²) in [6.45, 7) is 1.84. The van der Waals surface area contributed by atoms with Crippen molar-refractivity contribution in [1.29, 1.82) is 0 Å². The molecule has 0 atom stereocenters. The van der Waals surface area contributed by atoms with Gasteiger partial charge in [0, 0.05) is 19.2 Å². The van der Waals surface area contributed by atoms with Crippen LogP contribution in [0.3, 0.4) is 0 Å². The highest BCUT2D eigenvalue weighted by atomic mass is 35.5. The number of aryl methyl sites for hydroxylation is 1. The third kappa shape index (κ3) is 2.89. The van der Waals surface area contributed by atoms with Crippen molar-refractivity contribution in [3.63, 3.8) is 0 Å². The number of pyridine rings is 1. The predicted molar refractivity (Wildman–Crippen MR) is 76.4 cm³/mol. The average molecular weight is 277 g/mol. The molecule has 0 saturated heterocycles. The fraction of sp³-hybridized carbons (Fsp3) is 0.429. The zero-order chi connectivity index (χ0) is 13.1. The molecule has 3 heterocycles. The molecular weight excluding hydrogens is 260 g/mol. The smallest absolute Gasteiger partial charge is 0.126 e. The number of rotatable bonds is 3. The Balaban J connectivity index is 1.70. The van der Waals surface area contributed by atoms with Crippen molar-refractivity contribution in [1.82, 2.24) is 14.5 Å². The van der Waals surface area contributed by atoms with Gasteiger partial charge in [0.2, 0.25) is 0 Å². The number of nitrogens with zero attached hydrogens (tertiary/aromatic N) is 3. The molecule has 1 N–H and O–H groups in total. The fourth-order valence-electron chi connectivity index (χ4n) is 2.46. The molecule has 0 radical (unpaired) electrons. The van der Waals surface area contributed by atoms with Gasteiger partial charge in [0.15, 0.2) is 0 Å². The molecule has 2 aromatic rings. The van der Waals surface area contributed by atoms with Gasteiger partial charge in [-0.15, -0.1) is 0 Å². The van der Waals surface area contributed by atoms with Gasteiger partial charge in [0.25, 0.3) is 0 Å². The quantitative estimate of drug-likeness (QED) is 0.936. The first kappa shape index (κ1) is 12.5. The largest absolute Gasteiger partial charge is 0.364 e. The van der Waals surface area contributed by atoms with Crippen LogP contribution in [0.15, 0.2) is 24.5 Å². The highest BCUT2D eigenvalue weighted by molar-refractivity contribution is 6.30. The molecule has 4 nitrogen and oxygen atoms in total. The third-order valence-electron chi connectivity index (χ3n) is 3.48. The minimum Gasteiger partial charge on any atom is -0.364 e. The molecule has 0 amide bonds. The van der Waals surface area contributed by atoms with E-state index < -0.39 is 0 Å². The third-order valence-corrected chi connectivity index (χ3v) is 3.70. The van der Waals surface area contributed by atoms with Crippen LogP contribution in [0.1, 0.15) is 30.8 Å². The van der Waals surface area contributed by atoms with Gasteiger partial charge in [0.05, 0.1) is 23.5 Å². The molecule has 2 aromatic heterocycles. The number of hydrogen-bond donors (Lipinski definition) is 1. The predicted octanol–water partition coefficient (Wildman–Crippen LogP) is 3.27. The Morgan fingerprint density at radius 2 is 2.11 bits per heavy atom. The van der Waals surface area contributed by atoms with E-state index in [0.717, 1.165) is 25.3 Å². The number of hydrogen-bond acceptors (Lipinski definition) is 3. The zero-order valence-corrected chi connectivity index (χ0v) is 11.5. The number of imidazole rings is 1.